The van der Waals surface area contributed by atoms with E-state index in [-0.39, 0.29) is 41.7 Å². The van der Waals surface area contributed by atoms with Crippen LogP contribution >= 0.6 is 0 Å². The van der Waals surface area contributed by atoms with Gasteiger partial charge < -0.3 is 25.4 Å². The quantitative estimate of drug-likeness (QED) is 0.461. The molecule has 0 heterocycles. The summed E-state index contributed by atoms with van der Waals surface area (Å²) >= 11 is 0. The zero-order valence-electron chi connectivity index (χ0n) is 17.0. The van der Waals surface area contributed by atoms with E-state index in [0.717, 1.165) is 34.4 Å². The summed E-state index contributed by atoms with van der Waals surface area (Å²) in [6, 6.07) is 18.2. The molecule has 0 saturated heterocycles. The van der Waals surface area contributed by atoms with Gasteiger partial charge in [-0.25, -0.2) is 9.59 Å². The molecule has 0 saturated carbocycles. The Hall–Kier alpha value is -4.26. The number of fused-ring (bicyclic) bond motifs is 3. The number of nitrogens with one attached hydrogen (secondary N) is 1. The van der Waals surface area contributed by atoms with E-state index in [0.29, 0.717) is 0 Å². The highest BCUT2D eigenvalue weighted by atomic mass is 16.5. The standard InChI is InChI=1S/C25H21NO6/c27-22-12-15(24(29)30)13-23(28)20(22)10-5-11-26-25(31)32-14-21-18-8-3-1-6-16(18)17-7-2-4-9-19(17)21/h1-10,12-13,21,27-28H,11,14H2,(H,26,31)(H,29,30). The Labute approximate surface area is 184 Å². The Balaban J connectivity index is 1.34. The van der Waals surface area contributed by atoms with Crippen molar-refractivity contribution in [3.63, 3.8) is 0 Å². The van der Waals surface area contributed by atoms with Crippen LogP contribution in [0.25, 0.3) is 17.2 Å². The van der Waals surface area contributed by atoms with Crippen molar-refractivity contribution in [2.45, 2.75) is 5.92 Å². The molecular weight excluding hydrogens is 410 g/mol. The fraction of sp³-hybridized carbons (Fsp3) is 0.120. The number of carboxylic acids is 1. The number of aromatic carboxylic acids is 1. The zero-order chi connectivity index (χ0) is 22.7. The molecule has 162 valence electrons. The molecule has 0 aliphatic heterocycles. The van der Waals surface area contributed by atoms with Crippen molar-refractivity contribution in [1.82, 2.24) is 5.32 Å². The first-order chi connectivity index (χ1) is 15.5. The highest BCUT2D eigenvalue weighted by molar-refractivity contribution is 5.89. The predicted octanol–water partition coefficient (Wildman–Crippen LogP) is 4.35. The third kappa shape index (κ3) is 4.13. The number of aromatic hydroxyl groups is 2. The molecule has 32 heavy (non-hydrogen) atoms. The van der Waals surface area contributed by atoms with Crippen LogP contribution in [0.5, 0.6) is 11.5 Å². The van der Waals surface area contributed by atoms with Crippen molar-refractivity contribution in [3.8, 4) is 22.6 Å². The van der Waals surface area contributed by atoms with Crippen LogP contribution in [0.2, 0.25) is 0 Å². The summed E-state index contributed by atoms with van der Waals surface area (Å²) in [5.41, 5.74) is 4.37. The number of carboxylic acid groups (broad SMARTS) is 1. The molecule has 3 aromatic rings. The summed E-state index contributed by atoms with van der Waals surface area (Å²) in [4.78, 5) is 23.1. The van der Waals surface area contributed by atoms with Crippen LogP contribution in [0.1, 0.15) is 33.0 Å². The number of phenolic OH excluding ortho intramolecular Hbond substituents is 2. The normalized spacial score (nSPS) is 12.4. The van der Waals surface area contributed by atoms with Gasteiger partial charge in [0.15, 0.2) is 0 Å². The van der Waals surface area contributed by atoms with Gasteiger partial charge in [0.25, 0.3) is 0 Å². The number of carbonyl (C=O) groups is 2. The lowest BCUT2D eigenvalue weighted by Gasteiger charge is -2.14. The first-order valence-corrected chi connectivity index (χ1v) is 10.0. The molecule has 0 atom stereocenters. The third-order valence-electron chi connectivity index (χ3n) is 5.38. The zero-order valence-corrected chi connectivity index (χ0v) is 17.0. The number of phenols is 2. The van der Waals surface area contributed by atoms with E-state index in [9.17, 15) is 19.8 Å². The van der Waals surface area contributed by atoms with E-state index < -0.39 is 12.1 Å². The molecule has 3 aromatic carbocycles. The maximum Gasteiger partial charge on any atom is 0.407 e. The SMILES string of the molecule is O=C(NCC=Cc1c(O)cc(C(=O)O)cc1O)OCC1c2ccccc2-c2ccccc21. The number of carbonyl (C=O) groups excluding carboxylic acids is 1. The smallest absolute Gasteiger partial charge is 0.407 e. The Morgan fingerprint density at radius 2 is 1.50 bits per heavy atom. The Morgan fingerprint density at radius 3 is 2.06 bits per heavy atom. The van der Waals surface area contributed by atoms with Gasteiger partial charge in [0, 0.05) is 12.5 Å². The average Bonchev–Trinajstić information content (AvgIpc) is 3.10. The highest BCUT2D eigenvalue weighted by Gasteiger charge is 2.28. The minimum absolute atomic E-state index is 0.0367. The first-order valence-electron chi connectivity index (χ1n) is 10.0. The van der Waals surface area contributed by atoms with Gasteiger partial charge >= 0.3 is 12.1 Å². The number of hydrogen-bond acceptors (Lipinski definition) is 5. The Kier molecular flexibility index (Phi) is 5.81. The average molecular weight is 431 g/mol. The third-order valence-corrected chi connectivity index (χ3v) is 5.38. The van der Waals surface area contributed by atoms with Crippen molar-refractivity contribution in [2.75, 3.05) is 13.2 Å². The summed E-state index contributed by atoms with van der Waals surface area (Å²) in [5, 5.41) is 31.3. The Morgan fingerprint density at radius 1 is 0.938 bits per heavy atom. The highest BCUT2D eigenvalue weighted by Crippen LogP contribution is 2.44. The topological polar surface area (TPSA) is 116 Å². The first kappa shape index (κ1) is 21.0. The molecule has 0 radical (unpaired) electrons. The molecule has 0 aromatic heterocycles. The minimum atomic E-state index is -1.26. The minimum Gasteiger partial charge on any atom is -0.507 e. The van der Waals surface area contributed by atoms with E-state index in [1.807, 2.05) is 36.4 Å². The molecule has 7 nitrogen and oxygen atoms in total. The molecule has 1 amide bonds. The molecule has 7 heteroatoms. The lowest BCUT2D eigenvalue weighted by Crippen LogP contribution is -2.26. The number of amides is 1. The molecule has 1 aliphatic carbocycles. The second-order valence-corrected chi connectivity index (χ2v) is 7.34. The summed E-state index contributed by atoms with van der Waals surface area (Å²) in [6.07, 6.45) is 2.31. The van der Waals surface area contributed by atoms with Crippen LogP contribution in [0.3, 0.4) is 0 Å². The number of hydrogen-bond donors (Lipinski definition) is 4. The van der Waals surface area contributed by atoms with Gasteiger partial charge in [0.1, 0.15) is 18.1 Å². The molecule has 0 bridgehead atoms. The summed E-state index contributed by atoms with van der Waals surface area (Å²) in [6.45, 7) is 0.290. The van der Waals surface area contributed by atoms with E-state index in [4.69, 9.17) is 9.84 Å². The van der Waals surface area contributed by atoms with Crippen molar-refractivity contribution >= 4 is 18.1 Å². The van der Waals surface area contributed by atoms with Crippen molar-refractivity contribution in [2.24, 2.45) is 0 Å². The molecule has 1 aliphatic rings. The summed E-state index contributed by atoms with van der Waals surface area (Å²) < 4.78 is 5.43. The van der Waals surface area contributed by atoms with Crippen LogP contribution in [0, 0.1) is 0 Å². The van der Waals surface area contributed by atoms with Crippen LogP contribution in [-0.2, 0) is 4.74 Å². The van der Waals surface area contributed by atoms with Gasteiger partial charge in [0.05, 0.1) is 11.1 Å². The second-order valence-electron chi connectivity index (χ2n) is 7.34. The fourth-order valence-electron chi connectivity index (χ4n) is 3.89. The van der Waals surface area contributed by atoms with E-state index >= 15 is 0 Å². The molecular formula is C25H21NO6. The maximum atomic E-state index is 12.2. The van der Waals surface area contributed by atoms with Crippen LogP contribution in [0.15, 0.2) is 66.7 Å². The molecule has 0 spiro atoms. The lowest BCUT2D eigenvalue weighted by molar-refractivity contribution is 0.0695. The van der Waals surface area contributed by atoms with E-state index in [1.54, 1.807) is 0 Å². The van der Waals surface area contributed by atoms with Crippen LogP contribution in [-0.4, -0.2) is 40.5 Å². The van der Waals surface area contributed by atoms with Crippen molar-refractivity contribution in [1.29, 1.82) is 0 Å². The van der Waals surface area contributed by atoms with Gasteiger partial charge in [-0.1, -0.05) is 54.6 Å². The van der Waals surface area contributed by atoms with Crippen molar-refractivity contribution < 1.29 is 29.6 Å². The summed E-state index contributed by atoms with van der Waals surface area (Å²) in [5.74, 6) is -2.05. The number of ether oxygens (including phenoxy) is 1. The lowest BCUT2D eigenvalue weighted by atomic mass is 9.98. The van der Waals surface area contributed by atoms with E-state index in [1.165, 1.54) is 12.2 Å². The summed E-state index contributed by atoms with van der Waals surface area (Å²) in [7, 11) is 0. The monoisotopic (exact) mass is 431 g/mol. The predicted molar refractivity (Wildman–Crippen MR) is 119 cm³/mol. The van der Waals surface area contributed by atoms with Gasteiger partial charge in [-0.3, -0.25) is 0 Å². The molecule has 0 unspecified atom stereocenters. The van der Waals surface area contributed by atoms with Gasteiger partial charge in [-0.2, -0.15) is 0 Å². The largest absolute Gasteiger partial charge is 0.507 e. The second kappa shape index (κ2) is 8.85. The number of rotatable bonds is 6. The Bertz CT molecular complexity index is 1150. The van der Waals surface area contributed by atoms with E-state index in [2.05, 4.69) is 17.4 Å². The van der Waals surface area contributed by atoms with Crippen molar-refractivity contribution in [3.05, 3.63) is 89.0 Å². The molecule has 4 N–H and O–H groups in total. The van der Waals surface area contributed by atoms with Gasteiger partial charge in [0.2, 0.25) is 0 Å². The number of benzene rings is 3. The number of alkyl carbamates (subject to hydrolysis) is 1. The van der Waals surface area contributed by atoms with Gasteiger partial charge in [-0.05, 0) is 40.5 Å². The fourth-order valence-corrected chi connectivity index (χ4v) is 3.89. The molecule has 0 fully saturated rings. The molecule has 4 rings (SSSR count). The van der Waals surface area contributed by atoms with Gasteiger partial charge in [-0.15, -0.1) is 0 Å². The maximum absolute atomic E-state index is 12.2. The van der Waals surface area contributed by atoms with Crippen LogP contribution in [0.4, 0.5) is 4.79 Å². The van der Waals surface area contributed by atoms with Crippen LogP contribution < -0.4 is 5.32 Å².